The van der Waals surface area contributed by atoms with Crippen molar-refractivity contribution in [2.24, 2.45) is 0 Å². The fourth-order valence-corrected chi connectivity index (χ4v) is 6.85. The predicted molar refractivity (Wildman–Crippen MR) is 181 cm³/mol. The highest BCUT2D eigenvalue weighted by Crippen LogP contribution is 2.45. The first kappa shape index (κ1) is 30.4. The van der Waals surface area contributed by atoms with Gasteiger partial charge in [0, 0.05) is 36.4 Å². The van der Waals surface area contributed by atoms with Crippen LogP contribution in [0.3, 0.4) is 0 Å². The van der Waals surface area contributed by atoms with E-state index in [0.717, 1.165) is 64.6 Å². The van der Waals surface area contributed by atoms with E-state index in [4.69, 9.17) is 10.5 Å². The summed E-state index contributed by atoms with van der Waals surface area (Å²) in [7, 11) is 0. The first-order valence-electron chi connectivity index (χ1n) is 16.1. The molecule has 6 heterocycles. The van der Waals surface area contributed by atoms with Crippen molar-refractivity contribution >= 4 is 28.8 Å². The number of anilines is 1. The highest BCUT2D eigenvalue weighted by atomic mass is 19.1. The second-order valence-corrected chi connectivity index (χ2v) is 12.8. The maximum atomic E-state index is 14.0. The summed E-state index contributed by atoms with van der Waals surface area (Å²) in [6.07, 6.45) is 9.71. The van der Waals surface area contributed by atoms with Crippen LogP contribution in [-0.2, 0) is 4.74 Å². The highest BCUT2D eigenvalue weighted by molar-refractivity contribution is 6.03. The number of carbonyl (C=O) groups is 2. The minimum Gasteiger partial charge on any atom is -0.385 e. The molecule has 2 aliphatic carbocycles. The van der Waals surface area contributed by atoms with Crippen LogP contribution >= 0.6 is 0 Å². The molecule has 0 amide bonds. The standard InChI is InChI=1S/C38H30FN5O5/c1-19-25(23-9-12-41-31(39)15-23)10-13-43-33(19)27(21-3-4-21)16-29(35(43)45)37(47)49-38(48)30-17-28(22-5-6-22)34-20(2)26(11-14-44(34)36(30)46)24-7-8-32(40)42-18-24/h7-18,21-22H,3-6H2,1-2H3,(H2,40,42). The number of carbonyl (C=O) groups excluding carboxylic acids is 2. The molecule has 2 aliphatic rings. The SMILES string of the molecule is Cc1c(-c2ccc(N)nc2)ccn2c(=O)c(C(=O)OC(=O)c3cc(C4CC4)c4c(C)c(-c5ccnc(F)c5)ccn4c3=O)cc(C3CC3)c12. The number of nitrogens with zero attached hydrogens (tertiary/aromatic N) is 4. The number of halogens is 1. The molecule has 0 saturated heterocycles. The molecule has 0 aliphatic heterocycles. The van der Waals surface area contributed by atoms with E-state index in [0.29, 0.717) is 22.4 Å². The number of fused-ring (bicyclic) bond motifs is 2. The first-order chi connectivity index (χ1) is 23.6. The molecule has 11 heteroatoms. The van der Waals surface area contributed by atoms with Crippen LogP contribution < -0.4 is 16.9 Å². The van der Waals surface area contributed by atoms with E-state index in [1.54, 1.807) is 36.7 Å². The van der Waals surface area contributed by atoms with Gasteiger partial charge in [0.1, 0.15) is 16.9 Å². The van der Waals surface area contributed by atoms with E-state index in [-0.39, 0.29) is 23.0 Å². The Morgan fingerprint density at radius 2 is 1.29 bits per heavy atom. The Labute approximate surface area is 278 Å². The molecule has 0 atom stereocenters. The van der Waals surface area contributed by atoms with Crippen LogP contribution in [-0.4, -0.2) is 30.7 Å². The lowest BCUT2D eigenvalue weighted by molar-refractivity contribution is 0.0395. The molecule has 8 rings (SSSR count). The smallest absolute Gasteiger partial charge is 0.351 e. The van der Waals surface area contributed by atoms with Crippen molar-refractivity contribution in [3.63, 3.8) is 0 Å². The maximum absolute atomic E-state index is 14.0. The van der Waals surface area contributed by atoms with E-state index in [9.17, 15) is 23.6 Å². The second kappa shape index (κ2) is 11.3. The van der Waals surface area contributed by atoms with Crippen LogP contribution in [0, 0.1) is 19.8 Å². The number of rotatable bonds is 6. The average molecular weight is 656 g/mol. The minimum atomic E-state index is -1.14. The molecule has 0 unspecified atom stereocenters. The van der Waals surface area contributed by atoms with E-state index < -0.39 is 29.0 Å². The Bertz CT molecular complexity index is 2510. The average Bonchev–Trinajstić information content (AvgIpc) is 4.01. The monoisotopic (exact) mass is 655 g/mol. The zero-order valence-electron chi connectivity index (χ0n) is 26.7. The number of esters is 2. The topological polar surface area (TPSA) is 138 Å². The fourth-order valence-electron chi connectivity index (χ4n) is 6.85. The van der Waals surface area contributed by atoms with Gasteiger partial charge in [0.05, 0.1) is 11.0 Å². The molecular weight excluding hydrogens is 625 g/mol. The summed E-state index contributed by atoms with van der Waals surface area (Å²) in [6.45, 7) is 3.76. The van der Waals surface area contributed by atoms with Gasteiger partial charge in [0.25, 0.3) is 11.1 Å². The van der Waals surface area contributed by atoms with Crippen LogP contribution in [0.15, 0.2) is 82.9 Å². The predicted octanol–water partition coefficient (Wildman–Crippen LogP) is 6.13. The molecule has 244 valence electrons. The zero-order valence-corrected chi connectivity index (χ0v) is 26.7. The van der Waals surface area contributed by atoms with Gasteiger partial charge in [-0.2, -0.15) is 4.39 Å². The lowest BCUT2D eigenvalue weighted by atomic mass is 9.97. The lowest BCUT2D eigenvalue weighted by Crippen LogP contribution is -2.29. The van der Waals surface area contributed by atoms with Crippen molar-refractivity contribution in [2.75, 3.05) is 5.73 Å². The molecule has 2 fully saturated rings. The summed E-state index contributed by atoms with van der Waals surface area (Å²) in [5.41, 5.74) is 11.4. The molecule has 0 radical (unpaired) electrons. The Kier molecular flexibility index (Phi) is 7.02. The minimum absolute atomic E-state index is 0.101. The van der Waals surface area contributed by atoms with Crippen LogP contribution in [0.1, 0.15) is 80.5 Å². The summed E-state index contributed by atoms with van der Waals surface area (Å²) in [6, 6.07) is 13.1. The summed E-state index contributed by atoms with van der Waals surface area (Å²) in [4.78, 5) is 62.4. The Balaban J connectivity index is 1.18. The summed E-state index contributed by atoms with van der Waals surface area (Å²) in [5, 5.41) is 0. The second-order valence-electron chi connectivity index (χ2n) is 12.8. The molecule has 0 spiro atoms. The zero-order chi connectivity index (χ0) is 34.1. The first-order valence-corrected chi connectivity index (χ1v) is 16.1. The molecule has 10 nitrogen and oxygen atoms in total. The molecule has 6 aromatic heterocycles. The van der Waals surface area contributed by atoms with E-state index in [1.165, 1.54) is 39.4 Å². The van der Waals surface area contributed by atoms with Crippen LogP contribution in [0.2, 0.25) is 0 Å². The summed E-state index contributed by atoms with van der Waals surface area (Å²) in [5.74, 6) is -2.24. The van der Waals surface area contributed by atoms with E-state index in [2.05, 4.69) is 9.97 Å². The third-order valence-corrected chi connectivity index (χ3v) is 9.62. The van der Waals surface area contributed by atoms with Crippen molar-refractivity contribution in [1.82, 2.24) is 18.8 Å². The van der Waals surface area contributed by atoms with Gasteiger partial charge in [0.2, 0.25) is 5.95 Å². The molecule has 0 bridgehead atoms. The van der Waals surface area contributed by atoms with E-state index in [1.807, 2.05) is 19.9 Å². The maximum Gasteiger partial charge on any atom is 0.351 e. The van der Waals surface area contributed by atoms with Gasteiger partial charge >= 0.3 is 11.9 Å². The third-order valence-electron chi connectivity index (χ3n) is 9.62. The number of hydrogen-bond acceptors (Lipinski definition) is 8. The van der Waals surface area contributed by atoms with Gasteiger partial charge < -0.3 is 10.5 Å². The van der Waals surface area contributed by atoms with E-state index >= 15 is 0 Å². The van der Waals surface area contributed by atoms with Gasteiger partial charge in [-0.1, -0.05) is 0 Å². The molecule has 2 saturated carbocycles. The van der Waals surface area contributed by atoms with Crippen LogP contribution in [0.5, 0.6) is 0 Å². The van der Waals surface area contributed by atoms with Gasteiger partial charge in [0.15, 0.2) is 0 Å². The number of hydrogen-bond donors (Lipinski definition) is 1. The highest BCUT2D eigenvalue weighted by Gasteiger charge is 2.33. The van der Waals surface area contributed by atoms with Gasteiger partial charge in [-0.25, -0.2) is 19.6 Å². The number of ether oxygens (including phenoxy) is 1. The Morgan fingerprint density at radius 3 is 1.76 bits per heavy atom. The molecule has 0 aromatic carbocycles. The number of pyridine rings is 6. The number of aryl methyl sites for hydroxylation is 2. The molecule has 49 heavy (non-hydrogen) atoms. The number of aromatic nitrogens is 4. The van der Waals surface area contributed by atoms with Crippen molar-refractivity contribution in [3.05, 3.63) is 133 Å². The van der Waals surface area contributed by atoms with Gasteiger partial charge in [-0.05, 0) is 133 Å². The van der Waals surface area contributed by atoms with Crippen molar-refractivity contribution < 1.29 is 18.7 Å². The van der Waals surface area contributed by atoms with Crippen LogP contribution in [0.4, 0.5) is 10.2 Å². The quantitative estimate of drug-likeness (QED) is 0.129. The normalized spacial score (nSPS) is 14.3. The number of nitrogen functional groups attached to an aromatic ring is 1. The van der Waals surface area contributed by atoms with Gasteiger partial charge in [-0.3, -0.25) is 18.4 Å². The third kappa shape index (κ3) is 5.18. The van der Waals surface area contributed by atoms with Crippen molar-refractivity contribution in [2.45, 2.75) is 51.4 Å². The Morgan fingerprint density at radius 1 is 0.755 bits per heavy atom. The number of nitrogens with two attached hydrogens (primary N) is 1. The lowest BCUT2D eigenvalue weighted by Gasteiger charge is -2.16. The van der Waals surface area contributed by atoms with Crippen molar-refractivity contribution in [3.8, 4) is 22.3 Å². The summed E-state index contributed by atoms with van der Waals surface area (Å²) < 4.78 is 22.0. The Hall–Kier alpha value is -5.97. The van der Waals surface area contributed by atoms with Gasteiger partial charge in [-0.15, -0.1) is 0 Å². The summed E-state index contributed by atoms with van der Waals surface area (Å²) >= 11 is 0. The van der Waals surface area contributed by atoms with Crippen LogP contribution in [0.25, 0.3) is 33.3 Å². The molecular formula is C38H30FN5O5. The molecule has 6 aromatic rings. The fraction of sp³-hybridized carbons (Fsp3) is 0.211. The van der Waals surface area contributed by atoms with Crippen molar-refractivity contribution in [1.29, 1.82) is 0 Å². The molecule has 2 N–H and O–H groups in total. The largest absolute Gasteiger partial charge is 0.385 e.